The van der Waals surface area contributed by atoms with Gasteiger partial charge in [-0.15, -0.1) is 0 Å². The number of halogens is 1. The minimum atomic E-state index is 0.00726. The van der Waals surface area contributed by atoms with Crippen LogP contribution in [0.3, 0.4) is 0 Å². The first-order valence-corrected chi connectivity index (χ1v) is 8.99. The highest BCUT2D eigenvalue weighted by Gasteiger charge is 2.39. The number of fused-ring (bicyclic) bond motifs is 7. The van der Waals surface area contributed by atoms with Crippen LogP contribution in [0.25, 0.3) is 32.7 Å². The Balaban J connectivity index is 2.01. The Hall–Kier alpha value is -1.87. The highest BCUT2D eigenvalue weighted by atomic mass is 127. The van der Waals surface area contributed by atoms with Crippen LogP contribution in [0.5, 0.6) is 0 Å². The highest BCUT2D eigenvalue weighted by molar-refractivity contribution is 14.1. The Morgan fingerprint density at radius 1 is 0.696 bits per heavy atom. The molecule has 0 amide bonds. The predicted molar refractivity (Wildman–Crippen MR) is 107 cm³/mol. The van der Waals surface area contributed by atoms with Gasteiger partial charge in [0.05, 0.1) is 3.42 Å². The molecular formula is C22H15I. The van der Waals surface area contributed by atoms with Crippen molar-refractivity contribution in [2.45, 2.75) is 10.3 Å². The summed E-state index contributed by atoms with van der Waals surface area (Å²) >= 11 is 2.63. The van der Waals surface area contributed by atoms with E-state index < -0.39 is 0 Å². The van der Waals surface area contributed by atoms with Gasteiger partial charge in [0.25, 0.3) is 0 Å². The molecule has 1 atom stereocenters. The standard InChI is InChI=1S/C22H15I/c1-22(23)19-13-11-14-6-2-4-8-16(14)20(19)18-12-10-15-7-3-5-9-17(15)21(18)22/h2-13H,1H3. The van der Waals surface area contributed by atoms with Crippen molar-refractivity contribution in [2.24, 2.45) is 0 Å². The first-order valence-electron chi connectivity index (χ1n) is 7.92. The number of rotatable bonds is 0. The Bertz CT molecular complexity index is 1090. The van der Waals surface area contributed by atoms with Gasteiger partial charge in [-0.1, -0.05) is 95.4 Å². The summed E-state index contributed by atoms with van der Waals surface area (Å²) in [6.45, 7) is 2.35. The lowest BCUT2D eigenvalue weighted by Crippen LogP contribution is -2.10. The molecule has 1 aliphatic carbocycles. The number of hydrogen-bond donors (Lipinski definition) is 0. The van der Waals surface area contributed by atoms with Gasteiger partial charge in [0, 0.05) is 0 Å². The molecular weight excluding hydrogens is 391 g/mol. The van der Waals surface area contributed by atoms with Gasteiger partial charge in [-0.3, -0.25) is 0 Å². The van der Waals surface area contributed by atoms with Gasteiger partial charge in [-0.05, 0) is 50.7 Å². The summed E-state index contributed by atoms with van der Waals surface area (Å²) in [5, 5.41) is 5.38. The monoisotopic (exact) mass is 406 g/mol. The van der Waals surface area contributed by atoms with E-state index in [1.807, 2.05) is 0 Å². The predicted octanol–water partition coefficient (Wildman–Crippen LogP) is 6.67. The molecule has 110 valence electrons. The molecule has 0 nitrogen and oxygen atoms in total. The van der Waals surface area contributed by atoms with Crippen LogP contribution in [0.15, 0.2) is 72.8 Å². The lowest BCUT2D eigenvalue weighted by Gasteiger charge is -2.21. The Morgan fingerprint density at radius 3 is 2.09 bits per heavy atom. The van der Waals surface area contributed by atoms with Gasteiger partial charge in [0.1, 0.15) is 0 Å². The van der Waals surface area contributed by atoms with Gasteiger partial charge in [0.2, 0.25) is 0 Å². The smallest absolute Gasteiger partial charge is 0.0686 e. The van der Waals surface area contributed by atoms with E-state index in [2.05, 4.69) is 102 Å². The fraction of sp³-hybridized carbons (Fsp3) is 0.0909. The second-order valence-electron chi connectivity index (χ2n) is 6.42. The summed E-state index contributed by atoms with van der Waals surface area (Å²) in [6.07, 6.45) is 0. The van der Waals surface area contributed by atoms with Gasteiger partial charge in [-0.25, -0.2) is 0 Å². The van der Waals surface area contributed by atoms with Crippen LogP contribution < -0.4 is 0 Å². The minimum Gasteiger partial charge on any atom is -0.0686 e. The number of hydrogen-bond acceptors (Lipinski definition) is 0. The minimum absolute atomic E-state index is 0.00726. The van der Waals surface area contributed by atoms with Crippen LogP contribution >= 0.6 is 22.6 Å². The topological polar surface area (TPSA) is 0 Å². The number of benzene rings is 4. The Labute approximate surface area is 149 Å². The second-order valence-corrected chi connectivity index (χ2v) is 8.58. The van der Waals surface area contributed by atoms with Crippen LogP contribution in [0.2, 0.25) is 0 Å². The first kappa shape index (κ1) is 13.6. The maximum Gasteiger partial charge on any atom is 0.0708 e. The van der Waals surface area contributed by atoms with E-state index in [-0.39, 0.29) is 3.42 Å². The van der Waals surface area contributed by atoms with Crippen molar-refractivity contribution in [3.05, 3.63) is 83.9 Å². The summed E-state index contributed by atoms with van der Waals surface area (Å²) < 4.78 is 0.00726. The zero-order valence-corrected chi connectivity index (χ0v) is 15.0. The van der Waals surface area contributed by atoms with E-state index in [4.69, 9.17) is 0 Å². The van der Waals surface area contributed by atoms with Gasteiger partial charge in [0.15, 0.2) is 0 Å². The molecule has 23 heavy (non-hydrogen) atoms. The summed E-state index contributed by atoms with van der Waals surface area (Å²) in [5.41, 5.74) is 5.71. The fourth-order valence-corrected chi connectivity index (χ4v) is 5.10. The largest absolute Gasteiger partial charge is 0.0708 e. The molecule has 0 aliphatic heterocycles. The van der Waals surface area contributed by atoms with Crippen molar-refractivity contribution >= 4 is 44.1 Å². The van der Waals surface area contributed by atoms with E-state index in [0.29, 0.717) is 0 Å². The van der Waals surface area contributed by atoms with Crippen molar-refractivity contribution in [3.8, 4) is 11.1 Å². The molecule has 0 radical (unpaired) electrons. The molecule has 0 heterocycles. The van der Waals surface area contributed by atoms with E-state index in [1.165, 1.54) is 43.8 Å². The molecule has 0 spiro atoms. The average Bonchev–Trinajstić information content (AvgIpc) is 2.83. The molecule has 4 aromatic rings. The van der Waals surface area contributed by atoms with Crippen LogP contribution in [0.4, 0.5) is 0 Å². The molecule has 0 aromatic heterocycles. The third-order valence-corrected chi connectivity index (χ3v) is 6.22. The van der Waals surface area contributed by atoms with Gasteiger partial charge in [-0.2, -0.15) is 0 Å². The molecule has 0 saturated heterocycles. The van der Waals surface area contributed by atoms with Crippen LogP contribution in [0.1, 0.15) is 18.1 Å². The summed E-state index contributed by atoms with van der Waals surface area (Å²) in [4.78, 5) is 0. The molecule has 0 bridgehead atoms. The van der Waals surface area contributed by atoms with Crippen LogP contribution in [-0.2, 0) is 3.42 Å². The summed E-state index contributed by atoms with van der Waals surface area (Å²) in [5.74, 6) is 0. The highest BCUT2D eigenvalue weighted by Crippen LogP contribution is 2.56. The summed E-state index contributed by atoms with van der Waals surface area (Å²) in [7, 11) is 0. The zero-order valence-electron chi connectivity index (χ0n) is 12.8. The van der Waals surface area contributed by atoms with Crippen molar-refractivity contribution in [1.29, 1.82) is 0 Å². The molecule has 4 aromatic carbocycles. The third kappa shape index (κ3) is 1.71. The molecule has 1 unspecified atom stereocenters. The van der Waals surface area contributed by atoms with E-state index in [9.17, 15) is 0 Å². The summed E-state index contributed by atoms with van der Waals surface area (Å²) in [6, 6.07) is 26.6. The lowest BCUT2D eigenvalue weighted by molar-refractivity contribution is 0.926. The van der Waals surface area contributed by atoms with Gasteiger partial charge < -0.3 is 0 Å². The van der Waals surface area contributed by atoms with Crippen LogP contribution in [0, 0.1) is 0 Å². The quantitative estimate of drug-likeness (QED) is 0.226. The van der Waals surface area contributed by atoms with Crippen LogP contribution in [-0.4, -0.2) is 0 Å². The molecule has 0 saturated carbocycles. The fourth-order valence-electron chi connectivity index (χ4n) is 4.07. The first-order chi connectivity index (χ1) is 11.2. The molecule has 1 aliphatic rings. The van der Waals surface area contributed by atoms with Gasteiger partial charge >= 0.3 is 0 Å². The van der Waals surface area contributed by atoms with Crippen molar-refractivity contribution < 1.29 is 0 Å². The maximum absolute atomic E-state index is 2.63. The van der Waals surface area contributed by atoms with Crippen molar-refractivity contribution in [3.63, 3.8) is 0 Å². The molecule has 1 heteroatoms. The Kier molecular flexibility index (Phi) is 2.70. The normalized spacial score (nSPS) is 19.0. The van der Waals surface area contributed by atoms with E-state index in [0.717, 1.165) is 0 Å². The SMILES string of the molecule is CC1(I)c2ccc3ccccc3c2-c2ccc3ccccc3c21. The lowest BCUT2D eigenvalue weighted by atomic mass is 9.94. The van der Waals surface area contributed by atoms with E-state index in [1.54, 1.807) is 0 Å². The van der Waals surface area contributed by atoms with Crippen molar-refractivity contribution in [2.75, 3.05) is 0 Å². The Morgan fingerprint density at radius 2 is 1.30 bits per heavy atom. The van der Waals surface area contributed by atoms with E-state index >= 15 is 0 Å². The average molecular weight is 406 g/mol. The molecule has 5 rings (SSSR count). The maximum atomic E-state index is 2.63. The molecule has 0 fully saturated rings. The molecule has 0 N–H and O–H groups in total. The second kappa shape index (κ2) is 4.57. The van der Waals surface area contributed by atoms with Crippen molar-refractivity contribution in [1.82, 2.24) is 0 Å². The third-order valence-electron chi connectivity index (χ3n) is 5.10. The zero-order chi connectivity index (χ0) is 15.6. The number of alkyl halides is 1.